The summed E-state index contributed by atoms with van der Waals surface area (Å²) in [4.78, 5) is 17.6. The van der Waals surface area contributed by atoms with Crippen LogP contribution < -0.4 is 5.32 Å². The van der Waals surface area contributed by atoms with Crippen LogP contribution in [-0.2, 0) is 7.05 Å². The molecule has 0 aliphatic heterocycles. The van der Waals surface area contributed by atoms with Crippen molar-refractivity contribution in [3.8, 4) is 11.8 Å². The molecule has 1 aromatic carbocycles. The van der Waals surface area contributed by atoms with Crippen LogP contribution in [0.4, 0.5) is 10.1 Å². The monoisotopic (exact) mass is 473 g/mol. The molecule has 0 spiro atoms. The van der Waals surface area contributed by atoms with Crippen LogP contribution in [0.1, 0.15) is 68.1 Å². The highest BCUT2D eigenvalue weighted by atomic mass is 35.5. The Hall–Kier alpha value is -2.40. The van der Waals surface area contributed by atoms with Crippen LogP contribution in [0.3, 0.4) is 0 Å². The summed E-state index contributed by atoms with van der Waals surface area (Å²) < 4.78 is 15.1. The Bertz CT molecular complexity index is 1110. The van der Waals surface area contributed by atoms with Crippen molar-refractivity contribution in [2.75, 3.05) is 5.32 Å². The van der Waals surface area contributed by atoms with Gasteiger partial charge in [0.1, 0.15) is 17.1 Å². The van der Waals surface area contributed by atoms with Crippen molar-refractivity contribution in [1.82, 2.24) is 9.55 Å². The number of halogens is 2. The van der Waals surface area contributed by atoms with Crippen molar-refractivity contribution in [3.05, 3.63) is 46.8 Å². The van der Waals surface area contributed by atoms with E-state index in [4.69, 9.17) is 11.6 Å². The maximum absolute atomic E-state index is 13.4. The zero-order chi connectivity index (χ0) is 24.0. The van der Waals surface area contributed by atoms with E-state index in [1.165, 1.54) is 18.2 Å². The van der Waals surface area contributed by atoms with Crippen LogP contribution in [0, 0.1) is 29.5 Å². The van der Waals surface area contributed by atoms with E-state index in [1.807, 2.05) is 0 Å². The fourth-order valence-electron chi connectivity index (χ4n) is 5.20. The van der Waals surface area contributed by atoms with Crippen molar-refractivity contribution < 1.29 is 19.4 Å². The largest absolute Gasteiger partial charge is 0.389 e. The Morgan fingerprint density at radius 3 is 2.64 bits per heavy atom. The van der Waals surface area contributed by atoms with Gasteiger partial charge in [-0.3, -0.25) is 4.79 Å². The molecule has 2 aromatic rings. The smallest absolute Gasteiger partial charge is 0.274 e. The summed E-state index contributed by atoms with van der Waals surface area (Å²) in [6.07, 6.45) is 4.80. The molecule has 1 aromatic heterocycles. The van der Waals surface area contributed by atoms with Crippen molar-refractivity contribution >= 4 is 23.2 Å². The van der Waals surface area contributed by atoms with Crippen LogP contribution >= 0.6 is 11.6 Å². The summed E-state index contributed by atoms with van der Waals surface area (Å²) in [5.74, 6) is 5.81. The lowest BCUT2D eigenvalue weighted by atomic mass is 9.92. The Morgan fingerprint density at radius 1 is 1.36 bits per heavy atom. The SMILES string of the molecule is Cn1cnc(C2CC3CC(O)(C#CCC(C)(C)O)CC3C2)c1C(=O)Nc1ccc(F)c(Cl)c1. The molecule has 0 radical (unpaired) electrons. The van der Waals surface area contributed by atoms with Gasteiger partial charge in [0, 0.05) is 25.1 Å². The van der Waals surface area contributed by atoms with Gasteiger partial charge < -0.3 is 20.1 Å². The number of aromatic nitrogens is 2. The predicted molar refractivity (Wildman–Crippen MR) is 124 cm³/mol. The van der Waals surface area contributed by atoms with Gasteiger partial charge in [0.15, 0.2) is 0 Å². The molecule has 33 heavy (non-hydrogen) atoms. The molecule has 2 atom stereocenters. The van der Waals surface area contributed by atoms with Crippen LogP contribution in [0.5, 0.6) is 0 Å². The number of imidazole rings is 1. The van der Waals surface area contributed by atoms with E-state index in [0.29, 0.717) is 42.5 Å². The molecule has 2 aliphatic carbocycles. The maximum atomic E-state index is 13.4. The van der Waals surface area contributed by atoms with Gasteiger partial charge in [-0.1, -0.05) is 23.4 Å². The molecule has 2 fully saturated rings. The fraction of sp³-hybridized carbons (Fsp3) is 0.520. The lowest BCUT2D eigenvalue weighted by Gasteiger charge is -2.19. The average molecular weight is 474 g/mol. The molecule has 2 aliphatic rings. The minimum atomic E-state index is -1.02. The minimum Gasteiger partial charge on any atom is -0.389 e. The first-order valence-corrected chi connectivity index (χ1v) is 11.5. The number of amides is 1. The third-order valence-corrected chi connectivity index (χ3v) is 6.92. The lowest BCUT2D eigenvalue weighted by Crippen LogP contribution is -2.24. The van der Waals surface area contributed by atoms with E-state index in [0.717, 1.165) is 18.5 Å². The molecular formula is C25H29ClFN3O3. The molecule has 0 saturated heterocycles. The van der Waals surface area contributed by atoms with Gasteiger partial charge in [0.25, 0.3) is 5.91 Å². The van der Waals surface area contributed by atoms with E-state index >= 15 is 0 Å². The number of hydrogen-bond acceptors (Lipinski definition) is 4. The summed E-state index contributed by atoms with van der Waals surface area (Å²) >= 11 is 5.83. The number of aliphatic hydroxyl groups is 2. The number of anilines is 1. The number of fused-ring (bicyclic) bond motifs is 1. The zero-order valence-corrected chi connectivity index (χ0v) is 19.8. The van der Waals surface area contributed by atoms with Gasteiger partial charge in [-0.15, -0.1) is 0 Å². The van der Waals surface area contributed by atoms with Gasteiger partial charge >= 0.3 is 0 Å². The molecule has 6 nitrogen and oxygen atoms in total. The Morgan fingerprint density at radius 2 is 2.03 bits per heavy atom. The Kier molecular flexibility index (Phi) is 6.30. The summed E-state index contributed by atoms with van der Waals surface area (Å²) in [5, 5.41) is 23.5. The molecule has 1 amide bonds. The predicted octanol–water partition coefficient (Wildman–Crippen LogP) is 4.26. The Labute approximate surface area is 198 Å². The first kappa shape index (κ1) is 23.7. The lowest BCUT2D eigenvalue weighted by molar-refractivity contribution is 0.0845. The van der Waals surface area contributed by atoms with E-state index < -0.39 is 17.0 Å². The third kappa shape index (κ3) is 5.24. The molecule has 2 unspecified atom stereocenters. The van der Waals surface area contributed by atoms with E-state index in [-0.39, 0.29) is 16.8 Å². The standard InChI is InChI=1S/C25H29ClFN3O3/c1-24(2,32)7-4-8-25(33)12-16-9-15(10-17(16)13-25)21-22(30(3)14-28-21)23(31)29-18-5-6-20(27)19(26)11-18/h5-6,11,14-17,32-33H,7,9-10,12-13H2,1-3H3,(H,29,31). The van der Waals surface area contributed by atoms with Crippen molar-refractivity contribution in [1.29, 1.82) is 0 Å². The molecular weight excluding hydrogens is 445 g/mol. The summed E-state index contributed by atoms with van der Waals surface area (Å²) in [6.45, 7) is 3.40. The van der Waals surface area contributed by atoms with Crippen molar-refractivity contribution in [3.63, 3.8) is 0 Å². The summed E-state index contributed by atoms with van der Waals surface area (Å²) in [6, 6.07) is 4.06. The van der Waals surface area contributed by atoms with Crippen LogP contribution in [0.2, 0.25) is 5.02 Å². The summed E-state index contributed by atoms with van der Waals surface area (Å²) in [5.41, 5.74) is -0.262. The number of hydrogen-bond donors (Lipinski definition) is 3. The molecule has 4 rings (SSSR count). The zero-order valence-electron chi connectivity index (χ0n) is 19.0. The maximum Gasteiger partial charge on any atom is 0.274 e. The molecule has 3 N–H and O–H groups in total. The van der Waals surface area contributed by atoms with E-state index in [9.17, 15) is 19.4 Å². The number of carbonyl (C=O) groups is 1. The van der Waals surface area contributed by atoms with Crippen LogP contribution in [-0.4, -0.2) is 36.9 Å². The highest BCUT2D eigenvalue weighted by molar-refractivity contribution is 6.31. The number of aryl methyl sites for hydroxylation is 1. The van der Waals surface area contributed by atoms with Gasteiger partial charge in [0.05, 0.1) is 22.6 Å². The van der Waals surface area contributed by atoms with E-state index in [2.05, 4.69) is 22.1 Å². The van der Waals surface area contributed by atoms with Crippen molar-refractivity contribution in [2.45, 2.75) is 63.1 Å². The second-order valence-electron chi connectivity index (χ2n) is 10.1. The number of benzene rings is 1. The van der Waals surface area contributed by atoms with E-state index in [1.54, 1.807) is 31.8 Å². The van der Waals surface area contributed by atoms with Crippen LogP contribution in [0.25, 0.3) is 0 Å². The molecule has 2 saturated carbocycles. The highest BCUT2D eigenvalue weighted by Gasteiger charge is 2.49. The normalized spacial score (nSPS) is 26.6. The van der Waals surface area contributed by atoms with Gasteiger partial charge in [-0.05, 0) is 69.6 Å². The molecule has 176 valence electrons. The fourth-order valence-corrected chi connectivity index (χ4v) is 5.38. The van der Waals surface area contributed by atoms with Gasteiger partial charge in [-0.2, -0.15) is 0 Å². The van der Waals surface area contributed by atoms with Crippen molar-refractivity contribution in [2.24, 2.45) is 18.9 Å². The third-order valence-electron chi connectivity index (χ3n) is 6.63. The molecule has 1 heterocycles. The number of rotatable bonds is 4. The first-order valence-electron chi connectivity index (χ1n) is 11.2. The number of nitrogens with one attached hydrogen (secondary N) is 1. The quantitative estimate of drug-likeness (QED) is 0.579. The molecule has 0 bridgehead atoms. The first-order chi connectivity index (χ1) is 15.4. The average Bonchev–Trinajstić information content (AvgIpc) is 3.34. The second kappa shape index (κ2) is 8.75. The minimum absolute atomic E-state index is 0.0558. The summed E-state index contributed by atoms with van der Waals surface area (Å²) in [7, 11) is 1.77. The number of nitrogens with zero attached hydrogens (tertiary/aromatic N) is 2. The van der Waals surface area contributed by atoms with Crippen LogP contribution in [0.15, 0.2) is 24.5 Å². The van der Waals surface area contributed by atoms with Gasteiger partial charge in [-0.25, -0.2) is 9.37 Å². The Balaban J connectivity index is 1.45. The number of carbonyl (C=O) groups excluding carboxylic acids is 1. The molecule has 8 heteroatoms. The highest BCUT2D eigenvalue weighted by Crippen LogP contribution is 2.53. The second-order valence-corrected chi connectivity index (χ2v) is 10.5. The topological polar surface area (TPSA) is 87.4 Å². The van der Waals surface area contributed by atoms with Gasteiger partial charge in [0.2, 0.25) is 0 Å².